The fourth-order valence-corrected chi connectivity index (χ4v) is 2.82. The van der Waals surface area contributed by atoms with Gasteiger partial charge >= 0.3 is 18.0 Å². The minimum absolute atomic E-state index is 0.00591. The molecular formula is C14H14ClF6N3O2. The predicted molar refractivity (Wildman–Crippen MR) is 82.2 cm³/mol. The highest BCUT2D eigenvalue weighted by Crippen LogP contribution is 2.26. The van der Waals surface area contributed by atoms with Crippen molar-refractivity contribution in [2.24, 2.45) is 4.99 Å². The average molecular weight is 406 g/mol. The van der Waals surface area contributed by atoms with Crippen LogP contribution >= 0.6 is 11.6 Å². The van der Waals surface area contributed by atoms with Gasteiger partial charge in [0, 0.05) is 32.4 Å². The first-order valence-electron chi connectivity index (χ1n) is 7.62. The van der Waals surface area contributed by atoms with Gasteiger partial charge in [-0.2, -0.15) is 26.3 Å². The molecule has 26 heavy (non-hydrogen) atoms. The Hall–Kier alpha value is -1.78. The van der Waals surface area contributed by atoms with Crippen LogP contribution in [0.1, 0.15) is 31.2 Å². The molecule has 0 unspecified atom stereocenters. The van der Waals surface area contributed by atoms with Gasteiger partial charge in [0.1, 0.15) is 11.0 Å². The molecule has 0 amide bonds. The lowest BCUT2D eigenvalue weighted by atomic mass is 10.2. The van der Waals surface area contributed by atoms with Crippen molar-refractivity contribution in [2.75, 3.05) is 0 Å². The van der Waals surface area contributed by atoms with Crippen LogP contribution in [0.3, 0.4) is 0 Å². The smallest absolute Gasteiger partial charge is 0.278 e. The molecule has 0 saturated heterocycles. The van der Waals surface area contributed by atoms with Gasteiger partial charge in [0.05, 0.1) is 5.56 Å². The molecule has 146 valence electrons. The van der Waals surface area contributed by atoms with Gasteiger partial charge in [0.15, 0.2) is 0 Å². The highest BCUT2D eigenvalue weighted by molar-refractivity contribution is 6.66. The molecule has 0 atom stereocenters. The molecule has 0 radical (unpaired) electrons. The summed E-state index contributed by atoms with van der Waals surface area (Å²) in [6.07, 6.45) is -12.3. The van der Waals surface area contributed by atoms with E-state index in [1.54, 1.807) is 0 Å². The molecule has 12 heteroatoms. The topological polar surface area (TPSA) is 56.4 Å². The summed E-state index contributed by atoms with van der Waals surface area (Å²) in [6.45, 7) is -0.880. The van der Waals surface area contributed by atoms with Crippen LogP contribution in [-0.4, -0.2) is 26.7 Å². The van der Waals surface area contributed by atoms with Gasteiger partial charge in [0.25, 0.3) is 5.56 Å². The second-order valence-corrected chi connectivity index (χ2v) is 6.23. The van der Waals surface area contributed by atoms with Crippen LogP contribution in [-0.2, 0) is 19.5 Å². The Bertz CT molecular complexity index is 822. The number of hydrogen-bond donors (Lipinski definition) is 0. The molecule has 0 N–H and O–H groups in total. The standard InChI is InChI=1S/C14H14ClF6N3O2/c15-9-7-8-10(22-9)23(5-1-3-13(16,17)18)12(26)24(11(8)25)6-2-4-14(19,20)21/h1-7H2. The molecule has 0 aliphatic carbocycles. The fourth-order valence-electron chi connectivity index (χ4n) is 2.60. The zero-order chi connectivity index (χ0) is 19.7. The Balaban J connectivity index is 2.33. The van der Waals surface area contributed by atoms with Gasteiger partial charge in [-0.1, -0.05) is 11.6 Å². The largest absolute Gasteiger partial charge is 0.389 e. The molecule has 0 bridgehead atoms. The minimum Gasteiger partial charge on any atom is -0.278 e. The van der Waals surface area contributed by atoms with Crippen LogP contribution in [0.15, 0.2) is 14.6 Å². The summed E-state index contributed by atoms with van der Waals surface area (Å²) in [6, 6.07) is 0. The maximum atomic E-state index is 12.4. The van der Waals surface area contributed by atoms with E-state index in [2.05, 4.69) is 4.99 Å². The van der Waals surface area contributed by atoms with Crippen molar-refractivity contribution in [1.29, 1.82) is 0 Å². The number of halogens is 7. The van der Waals surface area contributed by atoms with Gasteiger partial charge in [-0.25, -0.2) is 9.79 Å². The molecule has 1 aliphatic heterocycles. The monoisotopic (exact) mass is 405 g/mol. The number of rotatable bonds is 6. The normalized spacial score (nSPS) is 14.5. The number of nitrogens with zero attached hydrogens (tertiary/aromatic N) is 3. The molecule has 2 rings (SSSR count). The average Bonchev–Trinajstić information content (AvgIpc) is 2.86. The molecule has 1 aromatic heterocycles. The summed E-state index contributed by atoms with van der Waals surface area (Å²) in [7, 11) is 0. The second-order valence-electron chi connectivity index (χ2n) is 5.80. The summed E-state index contributed by atoms with van der Waals surface area (Å²) >= 11 is 5.75. The van der Waals surface area contributed by atoms with Gasteiger partial charge < -0.3 is 0 Å². The molecule has 5 nitrogen and oxygen atoms in total. The maximum absolute atomic E-state index is 12.4. The summed E-state index contributed by atoms with van der Waals surface area (Å²) in [4.78, 5) is 28.6. The lowest BCUT2D eigenvalue weighted by Gasteiger charge is -2.15. The molecule has 0 saturated carbocycles. The van der Waals surface area contributed by atoms with E-state index in [4.69, 9.17) is 11.6 Å². The summed E-state index contributed by atoms with van der Waals surface area (Å²) in [5, 5.41) is -0.0193. The quantitative estimate of drug-likeness (QED) is 0.680. The van der Waals surface area contributed by atoms with Crippen LogP contribution in [0.25, 0.3) is 0 Å². The fraction of sp³-hybridized carbons (Fsp3) is 0.643. The minimum atomic E-state index is -4.45. The van der Waals surface area contributed by atoms with Crippen molar-refractivity contribution < 1.29 is 26.3 Å². The van der Waals surface area contributed by atoms with E-state index in [1.807, 2.05) is 0 Å². The molecular weight excluding hydrogens is 392 g/mol. The third kappa shape index (κ3) is 5.12. The first-order chi connectivity index (χ1) is 11.9. The SMILES string of the molecule is O=c1c2c(n(CCCC(F)(F)F)c(=O)n1CCCC(F)(F)F)N=C(Cl)C2. The number of alkyl halides is 6. The van der Waals surface area contributed by atoms with Gasteiger partial charge in [-0.15, -0.1) is 0 Å². The summed E-state index contributed by atoms with van der Waals surface area (Å²) in [5.74, 6) is -0.126. The van der Waals surface area contributed by atoms with Crippen molar-refractivity contribution in [3.63, 3.8) is 0 Å². The molecule has 1 aliphatic rings. The van der Waals surface area contributed by atoms with E-state index in [0.717, 1.165) is 4.57 Å². The van der Waals surface area contributed by atoms with Crippen LogP contribution in [0, 0.1) is 0 Å². The summed E-state index contributed by atoms with van der Waals surface area (Å²) < 4.78 is 75.2. The summed E-state index contributed by atoms with van der Waals surface area (Å²) in [5.41, 5.74) is -1.82. The van der Waals surface area contributed by atoms with Crippen molar-refractivity contribution in [3.05, 3.63) is 26.4 Å². The Morgan fingerprint density at radius 3 is 1.92 bits per heavy atom. The first-order valence-corrected chi connectivity index (χ1v) is 8.00. The van der Waals surface area contributed by atoms with Gasteiger partial charge in [-0.3, -0.25) is 13.9 Å². The van der Waals surface area contributed by atoms with E-state index < -0.39 is 55.8 Å². The third-order valence-corrected chi connectivity index (χ3v) is 3.94. The first kappa shape index (κ1) is 20.5. The zero-order valence-corrected chi connectivity index (χ0v) is 14.0. The van der Waals surface area contributed by atoms with Crippen molar-refractivity contribution in [3.8, 4) is 0 Å². The van der Waals surface area contributed by atoms with Gasteiger partial charge in [0.2, 0.25) is 0 Å². The maximum Gasteiger partial charge on any atom is 0.389 e. The predicted octanol–water partition coefficient (Wildman–Crippen LogP) is 3.52. The van der Waals surface area contributed by atoms with E-state index in [9.17, 15) is 35.9 Å². The van der Waals surface area contributed by atoms with Crippen LogP contribution in [0.5, 0.6) is 0 Å². The lowest BCUT2D eigenvalue weighted by Crippen LogP contribution is -2.41. The second kappa shape index (κ2) is 7.45. The highest BCUT2D eigenvalue weighted by Gasteiger charge is 2.29. The Labute approximate surface area is 147 Å². The Morgan fingerprint density at radius 1 is 0.923 bits per heavy atom. The number of aromatic nitrogens is 2. The zero-order valence-electron chi connectivity index (χ0n) is 13.3. The Kier molecular flexibility index (Phi) is 5.89. The van der Waals surface area contributed by atoms with Crippen LogP contribution in [0.2, 0.25) is 0 Å². The van der Waals surface area contributed by atoms with E-state index in [1.165, 1.54) is 0 Å². The van der Waals surface area contributed by atoms with Crippen molar-refractivity contribution in [1.82, 2.24) is 9.13 Å². The number of fused-ring (bicyclic) bond motifs is 1. The highest BCUT2D eigenvalue weighted by atomic mass is 35.5. The van der Waals surface area contributed by atoms with E-state index in [-0.39, 0.29) is 29.5 Å². The lowest BCUT2D eigenvalue weighted by molar-refractivity contribution is -0.136. The third-order valence-electron chi connectivity index (χ3n) is 3.72. The van der Waals surface area contributed by atoms with E-state index in [0.29, 0.717) is 4.57 Å². The molecule has 0 spiro atoms. The molecule has 0 fully saturated rings. The van der Waals surface area contributed by atoms with Crippen molar-refractivity contribution >= 4 is 22.6 Å². The molecule has 1 aromatic rings. The Morgan fingerprint density at radius 2 is 1.42 bits per heavy atom. The van der Waals surface area contributed by atoms with Crippen molar-refractivity contribution in [2.45, 2.75) is 57.5 Å². The van der Waals surface area contributed by atoms with Crippen LogP contribution in [0.4, 0.5) is 32.2 Å². The van der Waals surface area contributed by atoms with Gasteiger partial charge in [-0.05, 0) is 12.8 Å². The van der Waals surface area contributed by atoms with E-state index >= 15 is 0 Å². The number of aliphatic imine (C=N–C) groups is 1. The molecule has 0 aromatic carbocycles. The number of hydrogen-bond acceptors (Lipinski definition) is 3. The molecule has 2 heterocycles. The van der Waals surface area contributed by atoms with Crippen LogP contribution < -0.4 is 11.2 Å².